The molecule has 0 aromatic heterocycles. The third-order valence-corrected chi connectivity index (χ3v) is 3.68. The van der Waals surface area contributed by atoms with E-state index in [0.29, 0.717) is 6.04 Å². The van der Waals surface area contributed by atoms with Gasteiger partial charge in [0, 0.05) is 18.3 Å². The van der Waals surface area contributed by atoms with E-state index >= 15 is 0 Å². The summed E-state index contributed by atoms with van der Waals surface area (Å²) < 4.78 is 0. The van der Waals surface area contributed by atoms with Crippen LogP contribution in [-0.4, -0.2) is 35.6 Å². The summed E-state index contributed by atoms with van der Waals surface area (Å²) >= 11 is 4.05. The summed E-state index contributed by atoms with van der Waals surface area (Å²) in [5, 5.41) is 3.54. The van der Waals surface area contributed by atoms with Crippen LogP contribution in [0, 0.1) is 0 Å². The zero-order valence-electron chi connectivity index (χ0n) is 9.14. The Hall–Kier alpha value is 0.660. The predicted octanol–water partition coefficient (Wildman–Crippen LogP) is 2.86. The summed E-state index contributed by atoms with van der Waals surface area (Å²) in [5.41, 5.74) is 0. The van der Waals surface area contributed by atoms with Gasteiger partial charge in [0.25, 0.3) is 0 Å². The summed E-state index contributed by atoms with van der Waals surface area (Å²) in [5.74, 6) is 5.04. The highest BCUT2D eigenvalue weighted by Crippen LogP contribution is 2.04. The standard InChI is InChI=1S/C10H23NS2/c1-4-12-8-6-10(3)11-7-9-13-5-2/h10-11H,4-9H2,1-3H3. The van der Waals surface area contributed by atoms with Gasteiger partial charge in [-0.25, -0.2) is 0 Å². The van der Waals surface area contributed by atoms with Crippen molar-refractivity contribution in [2.24, 2.45) is 0 Å². The maximum atomic E-state index is 3.54. The first-order valence-corrected chi connectivity index (χ1v) is 7.51. The molecule has 0 bridgehead atoms. The van der Waals surface area contributed by atoms with Crippen LogP contribution in [0.4, 0.5) is 0 Å². The lowest BCUT2D eigenvalue weighted by molar-refractivity contribution is 0.559. The molecule has 80 valence electrons. The lowest BCUT2D eigenvalue weighted by atomic mass is 10.3. The predicted molar refractivity (Wildman–Crippen MR) is 68.1 cm³/mol. The van der Waals surface area contributed by atoms with E-state index in [-0.39, 0.29) is 0 Å². The van der Waals surface area contributed by atoms with Crippen molar-refractivity contribution < 1.29 is 0 Å². The van der Waals surface area contributed by atoms with Gasteiger partial charge in [0.1, 0.15) is 0 Å². The van der Waals surface area contributed by atoms with Crippen molar-refractivity contribution in [1.82, 2.24) is 5.32 Å². The molecule has 0 rings (SSSR count). The van der Waals surface area contributed by atoms with Crippen molar-refractivity contribution in [3.63, 3.8) is 0 Å². The molecule has 3 heteroatoms. The number of nitrogens with one attached hydrogen (secondary N) is 1. The minimum absolute atomic E-state index is 0.691. The molecule has 0 aliphatic heterocycles. The summed E-state index contributed by atoms with van der Waals surface area (Å²) in [6.07, 6.45) is 1.30. The molecule has 1 atom stereocenters. The quantitative estimate of drug-likeness (QED) is 0.601. The molecule has 0 fully saturated rings. The van der Waals surface area contributed by atoms with Crippen LogP contribution in [0.2, 0.25) is 0 Å². The summed E-state index contributed by atoms with van der Waals surface area (Å²) in [4.78, 5) is 0. The van der Waals surface area contributed by atoms with Gasteiger partial charge in [0.15, 0.2) is 0 Å². The first kappa shape index (κ1) is 13.7. The molecule has 1 N–H and O–H groups in total. The Labute approximate surface area is 91.8 Å². The average Bonchev–Trinajstić information content (AvgIpc) is 2.13. The maximum absolute atomic E-state index is 3.54. The summed E-state index contributed by atoms with van der Waals surface area (Å²) in [7, 11) is 0. The van der Waals surface area contributed by atoms with Gasteiger partial charge in [-0.1, -0.05) is 13.8 Å². The van der Waals surface area contributed by atoms with Crippen LogP contribution in [0.3, 0.4) is 0 Å². The molecule has 0 aromatic carbocycles. The first-order valence-electron chi connectivity index (χ1n) is 5.20. The highest BCUT2D eigenvalue weighted by molar-refractivity contribution is 7.99. The maximum Gasteiger partial charge on any atom is 0.00580 e. The van der Waals surface area contributed by atoms with E-state index in [1.54, 1.807) is 0 Å². The Morgan fingerprint density at radius 2 is 1.69 bits per heavy atom. The molecule has 1 unspecified atom stereocenters. The Morgan fingerprint density at radius 1 is 1.08 bits per heavy atom. The molecule has 0 saturated heterocycles. The van der Waals surface area contributed by atoms with Crippen LogP contribution in [0.5, 0.6) is 0 Å². The largest absolute Gasteiger partial charge is 0.313 e. The lowest BCUT2D eigenvalue weighted by Gasteiger charge is -2.12. The third-order valence-electron chi connectivity index (χ3n) is 1.84. The molecule has 0 aliphatic carbocycles. The molecule has 0 saturated carbocycles. The van der Waals surface area contributed by atoms with Crippen molar-refractivity contribution in [2.45, 2.75) is 33.2 Å². The van der Waals surface area contributed by atoms with Gasteiger partial charge in [-0.3, -0.25) is 0 Å². The van der Waals surface area contributed by atoms with Gasteiger partial charge in [-0.05, 0) is 30.6 Å². The second-order valence-electron chi connectivity index (χ2n) is 3.04. The summed E-state index contributed by atoms with van der Waals surface area (Å²) in [6, 6.07) is 0.691. The van der Waals surface area contributed by atoms with E-state index < -0.39 is 0 Å². The zero-order valence-corrected chi connectivity index (χ0v) is 10.8. The Morgan fingerprint density at radius 3 is 2.31 bits per heavy atom. The molecule has 0 aromatic rings. The molecular weight excluding hydrogens is 198 g/mol. The van der Waals surface area contributed by atoms with Gasteiger partial charge in [-0.2, -0.15) is 23.5 Å². The van der Waals surface area contributed by atoms with Crippen molar-refractivity contribution in [2.75, 3.05) is 29.6 Å². The Kier molecular flexibility index (Phi) is 11.3. The molecule has 0 amide bonds. The van der Waals surface area contributed by atoms with E-state index in [0.717, 1.165) is 6.54 Å². The van der Waals surface area contributed by atoms with Crippen molar-refractivity contribution in [1.29, 1.82) is 0 Å². The molecule has 0 aliphatic rings. The molecule has 0 spiro atoms. The van der Waals surface area contributed by atoms with E-state index in [1.165, 1.54) is 29.4 Å². The Bertz CT molecular complexity index is 98.9. The highest BCUT2D eigenvalue weighted by atomic mass is 32.2. The lowest BCUT2D eigenvalue weighted by Crippen LogP contribution is -2.28. The third kappa shape index (κ3) is 10.6. The van der Waals surface area contributed by atoms with Crippen LogP contribution in [0.15, 0.2) is 0 Å². The van der Waals surface area contributed by atoms with Gasteiger partial charge in [-0.15, -0.1) is 0 Å². The van der Waals surface area contributed by atoms with Crippen LogP contribution >= 0.6 is 23.5 Å². The van der Waals surface area contributed by atoms with Crippen LogP contribution in [0.25, 0.3) is 0 Å². The fraction of sp³-hybridized carbons (Fsp3) is 1.00. The molecule has 1 nitrogen and oxygen atoms in total. The zero-order chi connectivity index (χ0) is 9.94. The van der Waals surface area contributed by atoms with E-state index in [9.17, 15) is 0 Å². The topological polar surface area (TPSA) is 12.0 Å². The van der Waals surface area contributed by atoms with Crippen LogP contribution in [-0.2, 0) is 0 Å². The van der Waals surface area contributed by atoms with Gasteiger partial charge in [0.05, 0.1) is 0 Å². The van der Waals surface area contributed by atoms with E-state index in [1.807, 2.05) is 23.5 Å². The smallest absolute Gasteiger partial charge is 0.00580 e. The van der Waals surface area contributed by atoms with Gasteiger partial charge < -0.3 is 5.32 Å². The number of hydrogen-bond donors (Lipinski definition) is 1. The number of hydrogen-bond acceptors (Lipinski definition) is 3. The van der Waals surface area contributed by atoms with E-state index in [2.05, 4.69) is 26.1 Å². The van der Waals surface area contributed by atoms with Gasteiger partial charge >= 0.3 is 0 Å². The molecule has 0 heterocycles. The van der Waals surface area contributed by atoms with Crippen LogP contribution in [0.1, 0.15) is 27.2 Å². The Balaban J connectivity index is 3.05. The van der Waals surface area contributed by atoms with E-state index in [4.69, 9.17) is 0 Å². The minimum atomic E-state index is 0.691. The first-order chi connectivity index (χ1) is 6.31. The average molecular weight is 221 g/mol. The van der Waals surface area contributed by atoms with Gasteiger partial charge in [0.2, 0.25) is 0 Å². The molecule has 0 radical (unpaired) electrons. The fourth-order valence-electron chi connectivity index (χ4n) is 1.03. The normalized spacial score (nSPS) is 13.2. The number of rotatable bonds is 9. The van der Waals surface area contributed by atoms with Crippen molar-refractivity contribution in [3.05, 3.63) is 0 Å². The number of thioether (sulfide) groups is 2. The van der Waals surface area contributed by atoms with Crippen LogP contribution < -0.4 is 5.32 Å². The second-order valence-corrected chi connectivity index (χ2v) is 5.83. The van der Waals surface area contributed by atoms with Crippen molar-refractivity contribution in [3.8, 4) is 0 Å². The molecule has 13 heavy (non-hydrogen) atoms. The molecular formula is C10H23NS2. The fourth-order valence-corrected chi connectivity index (χ4v) is 2.39. The monoisotopic (exact) mass is 221 g/mol. The summed E-state index contributed by atoms with van der Waals surface area (Å²) in [6.45, 7) is 7.88. The SMILES string of the molecule is CCSCCNC(C)CCSCC. The van der Waals surface area contributed by atoms with Crippen molar-refractivity contribution >= 4 is 23.5 Å². The second kappa shape index (κ2) is 10.7. The highest BCUT2D eigenvalue weighted by Gasteiger charge is 1.99. The minimum Gasteiger partial charge on any atom is -0.313 e.